The molecular weight excluding hydrogens is 324 g/mol. The van der Waals surface area contributed by atoms with E-state index < -0.39 is 4.92 Å². The van der Waals surface area contributed by atoms with Gasteiger partial charge in [-0.1, -0.05) is 24.3 Å². The monoisotopic (exact) mass is 344 g/mol. The standard InChI is InChI=1S/C18H20N2O3S/c1-13(16-5-4-6-17(11-16)20(22)23)19(2)18(21)15-9-7-14(8-10-15)12-24-3/h4-11,13H,12H2,1-3H3. The molecular formula is C18H20N2O3S. The number of nitrogens with zero attached hydrogens (tertiary/aromatic N) is 2. The Kier molecular flexibility index (Phi) is 5.98. The third-order valence-corrected chi connectivity index (χ3v) is 4.60. The van der Waals surface area contributed by atoms with Gasteiger partial charge < -0.3 is 4.90 Å². The Morgan fingerprint density at radius 1 is 1.25 bits per heavy atom. The Labute approximate surface area is 145 Å². The molecule has 6 heteroatoms. The third kappa shape index (κ3) is 4.14. The quantitative estimate of drug-likeness (QED) is 0.579. The first-order valence-electron chi connectivity index (χ1n) is 7.53. The summed E-state index contributed by atoms with van der Waals surface area (Å²) < 4.78 is 0. The molecule has 0 aliphatic rings. The minimum absolute atomic E-state index is 0.0293. The van der Waals surface area contributed by atoms with Gasteiger partial charge in [0.25, 0.3) is 11.6 Å². The summed E-state index contributed by atoms with van der Waals surface area (Å²) >= 11 is 1.73. The lowest BCUT2D eigenvalue weighted by atomic mass is 10.0. The highest BCUT2D eigenvalue weighted by molar-refractivity contribution is 7.97. The van der Waals surface area contributed by atoms with Gasteiger partial charge in [-0.3, -0.25) is 14.9 Å². The fourth-order valence-corrected chi connectivity index (χ4v) is 2.94. The highest BCUT2D eigenvalue weighted by atomic mass is 32.2. The van der Waals surface area contributed by atoms with E-state index >= 15 is 0 Å². The molecule has 5 nitrogen and oxygen atoms in total. The molecule has 1 atom stereocenters. The van der Waals surface area contributed by atoms with E-state index in [1.807, 2.05) is 37.4 Å². The van der Waals surface area contributed by atoms with Gasteiger partial charge in [-0.2, -0.15) is 11.8 Å². The fraction of sp³-hybridized carbons (Fsp3) is 0.278. The Bertz CT molecular complexity index is 731. The molecule has 2 rings (SSSR count). The number of non-ortho nitro benzene ring substituents is 1. The lowest BCUT2D eigenvalue weighted by molar-refractivity contribution is -0.384. The number of carbonyl (C=O) groups excluding carboxylic acids is 1. The topological polar surface area (TPSA) is 63.5 Å². The number of thioether (sulfide) groups is 1. The summed E-state index contributed by atoms with van der Waals surface area (Å²) in [6, 6.07) is 13.7. The Hall–Kier alpha value is -2.34. The first-order chi connectivity index (χ1) is 11.4. The molecule has 2 aromatic rings. The van der Waals surface area contributed by atoms with Crippen molar-refractivity contribution in [3.63, 3.8) is 0 Å². The summed E-state index contributed by atoms with van der Waals surface area (Å²) in [7, 11) is 1.71. The zero-order valence-electron chi connectivity index (χ0n) is 13.9. The summed E-state index contributed by atoms with van der Waals surface area (Å²) in [6.07, 6.45) is 2.04. The van der Waals surface area contributed by atoms with E-state index in [9.17, 15) is 14.9 Å². The van der Waals surface area contributed by atoms with Crippen molar-refractivity contribution < 1.29 is 9.72 Å². The summed E-state index contributed by atoms with van der Waals surface area (Å²) in [5.41, 5.74) is 2.55. The molecule has 0 aromatic heterocycles. The van der Waals surface area contributed by atoms with Crippen LogP contribution in [-0.2, 0) is 5.75 Å². The molecule has 0 saturated carbocycles. The van der Waals surface area contributed by atoms with E-state index in [1.54, 1.807) is 35.8 Å². The number of amides is 1. The Morgan fingerprint density at radius 3 is 2.50 bits per heavy atom. The minimum Gasteiger partial charge on any atom is -0.335 e. The highest BCUT2D eigenvalue weighted by Gasteiger charge is 2.20. The molecule has 24 heavy (non-hydrogen) atoms. The van der Waals surface area contributed by atoms with Crippen LogP contribution in [0.25, 0.3) is 0 Å². The van der Waals surface area contributed by atoms with E-state index in [1.165, 1.54) is 17.7 Å². The van der Waals surface area contributed by atoms with Crippen molar-refractivity contribution in [1.82, 2.24) is 4.90 Å². The van der Waals surface area contributed by atoms with E-state index in [2.05, 4.69) is 0 Å². The van der Waals surface area contributed by atoms with Crippen molar-refractivity contribution >= 4 is 23.4 Å². The number of hydrogen-bond acceptors (Lipinski definition) is 4. The molecule has 126 valence electrons. The second-order valence-electron chi connectivity index (χ2n) is 5.57. The van der Waals surface area contributed by atoms with Crippen LogP contribution in [0, 0.1) is 10.1 Å². The van der Waals surface area contributed by atoms with Crippen LogP contribution in [0.5, 0.6) is 0 Å². The maximum Gasteiger partial charge on any atom is 0.269 e. The van der Waals surface area contributed by atoms with Crippen molar-refractivity contribution in [1.29, 1.82) is 0 Å². The molecule has 0 fully saturated rings. The molecule has 0 radical (unpaired) electrons. The average Bonchev–Trinajstić information content (AvgIpc) is 2.61. The van der Waals surface area contributed by atoms with Gasteiger partial charge in [0.15, 0.2) is 0 Å². The van der Waals surface area contributed by atoms with E-state index in [-0.39, 0.29) is 17.6 Å². The highest BCUT2D eigenvalue weighted by Crippen LogP contribution is 2.24. The maximum absolute atomic E-state index is 12.6. The lowest BCUT2D eigenvalue weighted by Gasteiger charge is -2.25. The summed E-state index contributed by atoms with van der Waals surface area (Å²) in [5, 5.41) is 10.9. The predicted molar refractivity (Wildman–Crippen MR) is 97.3 cm³/mol. The molecule has 0 aliphatic carbocycles. The Morgan fingerprint density at radius 2 is 1.92 bits per heavy atom. The van der Waals surface area contributed by atoms with Crippen LogP contribution in [-0.4, -0.2) is 29.0 Å². The Balaban J connectivity index is 2.17. The van der Waals surface area contributed by atoms with Gasteiger partial charge in [-0.05, 0) is 36.4 Å². The van der Waals surface area contributed by atoms with Gasteiger partial charge in [0.05, 0.1) is 11.0 Å². The van der Waals surface area contributed by atoms with Gasteiger partial charge in [0, 0.05) is 30.5 Å². The van der Waals surface area contributed by atoms with Crippen LogP contribution >= 0.6 is 11.8 Å². The third-order valence-electron chi connectivity index (χ3n) is 3.98. The van der Waals surface area contributed by atoms with Crippen LogP contribution < -0.4 is 0 Å². The minimum atomic E-state index is -0.428. The van der Waals surface area contributed by atoms with E-state index in [0.717, 1.165) is 11.3 Å². The number of nitro benzene ring substituents is 1. The van der Waals surface area contributed by atoms with Gasteiger partial charge in [0.1, 0.15) is 0 Å². The zero-order chi connectivity index (χ0) is 17.7. The second kappa shape index (κ2) is 7.97. The first kappa shape index (κ1) is 18.0. The molecule has 0 bridgehead atoms. The molecule has 1 amide bonds. The molecule has 1 unspecified atom stereocenters. The van der Waals surface area contributed by atoms with Crippen LogP contribution in [0.15, 0.2) is 48.5 Å². The SMILES string of the molecule is CSCc1ccc(C(=O)N(C)C(C)c2cccc([N+](=O)[O-])c2)cc1. The smallest absolute Gasteiger partial charge is 0.269 e. The van der Waals surface area contributed by atoms with Crippen molar-refractivity contribution in [2.45, 2.75) is 18.7 Å². The molecule has 0 heterocycles. The number of nitro groups is 1. The lowest BCUT2D eigenvalue weighted by Crippen LogP contribution is -2.29. The number of benzene rings is 2. The van der Waals surface area contributed by atoms with Gasteiger partial charge >= 0.3 is 0 Å². The van der Waals surface area contributed by atoms with Crippen molar-refractivity contribution in [2.24, 2.45) is 0 Å². The van der Waals surface area contributed by atoms with Crippen LogP contribution in [0.1, 0.15) is 34.5 Å². The average molecular weight is 344 g/mol. The summed E-state index contributed by atoms with van der Waals surface area (Å²) in [6.45, 7) is 1.86. The maximum atomic E-state index is 12.6. The van der Waals surface area contributed by atoms with E-state index in [4.69, 9.17) is 0 Å². The number of rotatable bonds is 6. The molecule has 2 aromatic carbocycles. The number of hydrogen-bond donors (Lipinski definition) is 0. The van der Waals surface area contributed by atoms with Gasteiger partial charge in [0.2, 0.25) is 0 Å². The zero-order valence-corrected chi connectivity index (χ0v) is 14.7. The first-order valence-corrected chi connectivity index (χ1v) is 8.92. The largest absolute Gasteiger partial charge is 0.335 e. The molecule has 0 spiro atoms. The molecule has 0 N–H and O–H groups in total. The second-order valence-corrected chi connectivity index (χ2v) is 6.44. The van der Waals surface area contributed by atoms with Crippen LogP contribution in [0.2, 0.25) is 0 Å². The molecule has 0 saturated heterocycles. The summed E-state index contributed by atoms with van der Waals surface area (Å²) in [5.74, 6) is 0.804. The van der Waals surface area contributed by atoms with Gasteiger partial charge in [-0.25, -0.2) is 0 Å². The van der Waals surface area contributed by atoms with Crippen LogP contribution in [0.4, 0.5) is 5.69 Å². The van der Waals surface area contributed by atoms with Crippen molar-refractivity contribution in [3.05, 3.63) is 75.3 Å². The van der Waals surface area contributed by atoms with Crippen molar-refractivity contribution in [2.75, 3.05) is 13.3 Å². The normalized spacial score (nSPS) is 11.8. The number of carbonyl (C=O) groups is 1. The van der Waals surface area contributed by atoms with E-state index in [0.29, 0.717) is 5.56 Å². The van der Waals surface area contributed by atoms with Crippen LogP contribution in [0.3, 0.4) is 0 Å². The van der Waals surface area contributed by atoms with Crippen molar-refractivity contribution in [3.8, 4) is 0 Å². The predicted octanol–water partition coefficient (Wildman–Crippen LogP) is 4.29. The fourth-order valence-electron chi connectivity index (χ4n) is 2.41. The van der Waals surface area contributed by atoms with Gasteiger partial charge in [-0.15, -0.1) is 0 Å². The molecule has 0 aliphatic heterocycles. The summed E-state index contributed by atoms with van der Waals surface area (Å²) in [4.78, 5) is 24.7.